The van der Waals surface area contributed by atoms with Gasteiger partial charge in [0.1, 0.15) is 4.70 Å². The molecule has 4 nitrogen and oxygen atoms in total. The van der Waals surface area contributed by atoms with Gasteiger partial charge in [0.2, 0.25) is 0 Å². The first-order valence-electron chi connectivity index (χ1n) is 5.94. The van der Waals surface area contributed by atoms with Crippen LogP contribution in [0.5, 0.6) is 0 Å². The zero-order chi connectivity index (χ0) is 11.8. The molecule has 3 heterocycles. The summed E-state index contributed by atoms with van der Waals surface area (Å²) in [6, 6.07) is 2.29. The van der Waals surface area contributed by atoms with Gasteiger partial charge >= 0.3 is 0 Å². The second-order valence-electron chi connectivity index (χ2n) is 4.51. The van der Waals surface area contributed by atoms with Gasteiger partial charge in [-0.2, -0.15) is 0 Å². The number of thiophene rings is 1. The molecule has 1 fully saturated rings. The Bertz CT molecular complexity index is 595. The molecule has 2 aromatic heterocycles. The molecule has 0 bridgehead atoms. The predicted molar refractivity (Wildman–Crippen MR) is 69.8 cm³/mol. The lowest BCUT2D eigenvalue weighted by Gasteiger charge is -2.24. The average molecular weight is 249 g/mol. The first kappa shape index (κ1) is 10.9. The maximum Gasteiger partial charge on any atom is 0.271 e. The lowest BCUT2D eigenvalue weighted by Crippen LogP contribution is -2.34. The fourth-order valence-electron chi connectivity index (χ4n) is 2.39. The van der Waals surface area contributed by atoms with Crippen LogP contribution in [-0.2, 0) is 0 Å². The molecule has 0 radical (unpaired) electrons. The summed E-state index contributed by atoms with van der Waals surface area (Å²) in [7, 11) is 0. The summed E-state index contributed by atoms with van der Waals surface area (Å²) in [6.45, 7) is 3.98. The summed E-state index contributed by atoms with van der Waals surface area (Å²) in [5, 5.41) is 3.31. The highest BCUT2D eigenvalue weighted by Gasteiger charge is 2.17. The van der Waals surface area contributed by atoms with Crippen LogP contribution in [0.4, 0.5) is 0 Å². The van der Waals surface area contributed by atoms with Crippen molar-refractivity contribution in [1.29, 1.82) is 0 Å². The Morgan fingerprint density at radius 1 is 1.47 bits per heavy atom. The van der Waals surface area contributed by atoms with E-state index in [4.69, 9.17) is 0 Å². The summed E-state index contributed by atoms with van der Waals surface area (Å²) >= 11 is 1.55. The minimum Gasteiger partial charge on any atom is -0.317 e. The molecule has 1 aliphatic heterocycles. The number of fused-ring (bicyclic) bond motifs is 1. The molecule has 2 aromatic rings. The van der Waals surface area contributed by atoms with E-state index in [2.05, 4.69) is 10.3 Å². The third kappa shape index (κ3) is 1.89. The molecule has 0 spiro atoms. The molecule has 90 valence electrons. The second kappa shape index (κ2) is 4.23. The minimum absolute atomic E-state index is 0.125. The van der Waals surface area contributed by atoms with Crippen LogP contribution in [0, 0.1) is 6.92 Å². The van der Waals surface area contributed by atoms with Gasteiger partial charge < -0.3 is 5.32 Å². The first-order valence-corrected chi connectivity index (χ1v) is 6.75. The van der Waals surface area contributed by atoms with Crippen LogP contribution in [0.25, 0.3) is 10.2 Å². The number of aromatic nitrogens is 2. The van der Waals surface area contributed by atoms with Crippen LogP contribution < -0.4 is 10.9 Å². The van der Waals surface area contributed by atoms with Gasteiger partial charge in [-0.15, -0.1) is 11.3 Å². The van der Waals surface area contributed by atoms with Crippen molar-refractivity contribution in [1.82, 2.24) is 14.9 Å². The molecule has 1 aliphatic rings. The summed E-state index contributed by atoms with van der Waals surface area (Å²) in [6.07, 6.45) is 3.74. The van der Waals surface area contributed by atoms with Crippen LogP contribution in [0.3, 0.4) is 0 Å². The fraction of sp³-hybridized carbons (Fsp3) is 0.500. The zero-order valence-electron chi connectivity index (χ0n) is 9.77. The van der Waals surface area contributed by atoms with Gasteiger partial charge in [0.15, 0.2) is 0 Å². The molecular weight excluding hydrogens is 234 g/mol. The van der Waals surface area contributed by atoms with Gasteiger partial charge in [0, 0.05) is 10.9 Å². The maximum absolute atomic E-state index is 12.4. The van der Waals surface area contributed by atoms with Crippen molar-refractivity contribution in [3.63, 3.8) is 0 Å². The summed E-state index contributed by atoms with van der Waals surface area (Å²) < 4.78 is 2.61. The van der Waals surface area contributed by atoms with E-state index in [0.29, 0.717) is 6.04 Å². The monoisotopic (exact) mass is 249 g/mol. The standard InChI is InChI=1S/C12H15N3OS/c1-8-6-10-11(17-8)12(16)15(7-14-10)9-2-4-13-5-3-9/h6-7,9,13H,2-5H2,1H3. The van der Waals surface area contributed by atoms with Crippen LogP contribution in [0.2, 0.25) is 0 Å². The molecule has 0 saturated carbocycles. The normalized spacial score (nSPS) is 17.7. The molecular formula is C12H15N3OS. The number of nitrogens with one attached hydrogen (secondary N) is 1. The Hall–Kier alpha value is -1.20. The number of hydrogen-bond acceptors (Lipinski definition) is 4. The van der Waals surface area contributed by atoms with E-state index < -0.39 is 0 Å². The number of piperidine rings is 1. The Labute approximate surface area is 103 Å². The van der Waals surface area contributed by atoms with Gasteiger partial charge in [-0.3, -0.25) is 9.36 Å². The molecule has 0 atom stereocenters. The van der Waals surface area contributed by atoms with E-state index in [1.165, 1.54) is 0 Å². The van der Waals surface area contributed by atoms with Crippen LogP contribution in [-0.4, -0.2) is 22.6 Å². The van der Waals surface area contributed by atoms with Crippen molar-refractivity contribution in [2.45, 2.75) is 25.8 Å². The molecule has 0 amide bonds. The molecule has 0 aliphatic carbocycles. The van der Waals surface area contributed by atoms with E-state index in [-0.39, 0.29) is 5.56 Å². The summed E-state index contributed by atoms with van der Waals surface area (Å²) in [5.74, 6) is 0. The van der Waals surface area contributed by atoms with Crippen molar-refractivity contribution < 1.29 is 0 Å². The maximum atomic E-state index is 12.4. The molecule has 17 heavy (non-hydrogen) atoms. The molecule has 0 unspecified atom stereocenters. The SMILES string of the molecule is Cc1cc2ncn(C3CCNCC3)c(=O)c2s1. The first-order chi connectivity index (χ1) is 8.25. The van der Waals surface area contributed by atoms with Crippen molar-refractivity contribution in [3.05, 3.63) is 27.6 Å². The van der Waals surface area contributed by atoms with Gasteiger partial charge in [0.25, 0.3) is 5.56 Å². The minimum atomic E-state index is 0.125. The van der Waals surface area contributed by atoms with Gasteiger partial charge in [-0.1, -0.05) is 0 Å². The van der Waals surface area contributed by atoms with Crippen molar-refractivity contribution >= 4 is 21.6 Å². The quantitative estimate of drug-likeness (QED) is 0.836. The number of rotatable bonds is 1. The molecule has 0 aromatic carbocycles. The second-order valence-corrected chi connectivity index (χ2v) is 5.77. The van der Waals surface area contributed by atoms with E-state index >= 15 is 0 Å². The van der Waals surface area contributed by atoms with E-state index in [1.54, 1.807) is 17.7 Å². The van der Waals surface area contributed by atoms with E-state index in [9.17, 15) is 4.79 Å². The topological polar surface area (TPSA) is 46.9 Å². The van der Waals surface area contributed by atoms with Crippen molar-refractivity contribution in [3.8, 4) is 0 Å². The highest BCUT2D eigenvalue weighted by Crippen LogP contribution is 2.22. The van der Waals surface area contributed by atoms with Gasteiger partial charge in [-0.05, 0) is 38.9 Å². The lowest BCUT2D eigenvalue weighted by atomic mass is 10.1. The van der Waals surface area contributed by atoms with Crippen molar-refractivity contribution in [2.75, 3.05) is 13.1 Å². The predicted octanol–water partition coefficient (Wildman–Crippen LogP) is 1.69. The van der Waals surface area contributed by atoms with E-state index in [0.717, 1.165) is 41.0 Å². The molecule has 1 N–H and O–H groups in total. The third-order valence-electron chi connectivity index (χ3n) is 3.29. The average Bonchev–Trinajstić information content (AvgIpc) is 2.72. The Morgan fingerprint density at radius 2 is 2.24 bits per heavy atom. The number of hydrogen-bond donors (Lipinski definition) is 1. The molecule has 5 heteroatoms. The summed E-state index contributed by atoms with van der Waals surface area (Å²) in [4.78, 5) is 17.9. The van der Waals surface area contributed by atoms with Crippen LogP contribution in [0.15, 0.2) is 17.2 Å². The Kier molecular flexibility index (Phi) is 2.72. The van der Waals surface area contributed by atoms with Gasteiger partial charge in [-0.25, -0.2) is 4.98 Å². The smallest absolute Gasteiger partial charge is 0.271 e. The largest absolute Gasteiger partial charge is 0.317 e. The zero-order valence-corrected chi connectivity index (χ0v) is 10.6. The highest BCUT2D eigenvalue weighted by atomic mass is 32.1. The lowest BCUT2D eigenvalue weighted by molar-refractivity contribution is 0.359. The number of aryl methyl sites for hydroxylation is 1. The highest BCUT2D eigenvalue weighted by molar-refractivity contribution is 7.18. The van der Waals surface area contributed by atoms with E-state index in [1.807, 2.05) is 17.6 Å². The Balaban J connectivity index is 2.10. The van der Waals surface area contributed by atoms with Crippen LogP contribution in [0.1, 0.15) is 23.8 Å². The van der Waals surface area contributed by atoms with Crippen LogP contribution >= 0.6 is 11.3 Å². The molecule has 1 saturated heterocycles. The van der Waals surface area contributed by atoms with Crippen molar-refractivity contribution in [2.24, 2.45) is 0 Å². The molecule has 3 rings (SSSR count). The Morgan fingerprint density at radius 3 is 3.00 bits per heavy atom. The third-order valence-corrected chi connectivity index (χ3v) is 4.32. The number of nitrogens with zero attached hydrogens (tertiary/aromatic N) is 2. The van der Waals surface area contributed by atoms with Gasteiger partial charge in [0.05, 0.1) is 11.8 Å². The fourth-order valence-corrected chi connectivity index (χ4v) is 3.29. The summed E-state index contributed by atoms with van der Waals surface area (Å²) in [5.41, 5.74) is 0.961.